The molecular formula is C16H12FN5O. The van der Waals surface area contributed by atoms with Crippen molar-refractivity contribution in [2.24, 2.45) is 0 Å². The van der Waals surface area contributed by atoms with Gasteiger partial charge in [0, 0.05) is 18.7 Å². The maximum absolute atomic E-state index is 12.9. The number of hydrogen-bond acceptors (Lipinski definition) is 6. The van der Waals surface area contributed by atoms with E-state index in [9.17, 15) is 4.39 Å². The van der Waals surface area contributed by atoms with Crippen LogP contribution in [0.1, 0.15) is 11.5 Å². The first kappa shape index (κ1) is 14.7. The molecule has 3 aromatic rings. The van der Waals surface area contributed by atoms with Crippen LogP contribution in [0.25, 0.3) is 11.3 Å². The predicted octanol–water partition coefficient (Wildman–Crippen LogP) is 2.78. The van der Waals surface area contributed by atoms with Crippen molar-refractivity contribution in [1.82, 2.24) is 15.1 Å². The largest absolute Gasteiger partial charge is 0.359 e. The Morgan fingerprint density at radius 2 is 2.00 bits per heavy atom. The summed E-state index contributed by atoms with van der Waals surface area (Å²) < 4.78 is 18.2. The van der Waals surface area contributed by atoms with Crippen LogP contribution in [0, 0.1) is 17.1 Å². The van der Waals surface area contributed by atoms with E-state index < -0.39 is 0 Å². The number of anilines is 1. The molecule has 0 atom stereocenters. The zero-order chi connectivity index (χ0) is 16.2. The van der Waals surface area contributed by atoms with Crippen LogP contribution in [-0.2, 0) is 6.54 Å². The molecule has 0 N–H and O–H groups in total. The Morgan fingerprint density at radius 3 is 2.65 bits per heavy atom. The lowest BCUT2D eigenvalue weighted by atomic mass is 10.1. The maximum Gasteiger partial charge on any atom is 0.158 e. The lowest BCUT2D eigenvalue weighted by Crippen LogP contribution is -2.17. The standard InChI is InChI=1S/C16H12FN5O/c1-22(16-9-19-13(7-18)8-20-16)10-14-6-15(21-23-14)11-2-4-12(17)5-3-11/h2-6,8-9H,10H2,1H3. The van der Waals surface area contributed by atoms with E-state index in [4.69, 9.17) is 9.78 Å². The highest BCUT2D eigenvalue weighted by Crippen LogP contribution is 2.21. The van der Waals surface area contributed by atoms with Gasteiger partial charge in [-0.1, -0.05) is 5.16 Å². The molecule has 0 aliphatic carbocycles. The number of nitrogens with zero attached hydrogens (tertiary/aromatic N) is 5. The Morgan fingerprint density at radius 1 is 1.22 bits per heavy atom. The van der Waals surface area contributed by atoms with E-state index in [1.54, 1.807) is 18.2 Å². The van der Waals surface area contributed by atoms with Gasteiger partial charge in [-0.15, -0.1) is 0 Å². The fraction of sp³-hybridized carbons (Fsp3) is 0.125. The van der Waals surface area contributed by atoms with Crippen molar-refractivity contribution in [2.45, 2.75) is 6.54 Å². The van der Waals surface area contributed by atoms with Gasteiger partial charge in [-0.2, -0.15) is 5.26 Å². The van der Waals surface area contributed by atoms with Gasteiger partial charge in [-0.05, 0) is 24.3 Å². The van der Waals surface area contributed by atoms with Crippen molar-refractivity contribution >= 4 is 5.82 Å². The number of nitriles is 1. The Labute approximate surface area is 131 Å². The van der Waals surface area contributed by atoms with Crippen molar-refractivity contribution in [3.63, 3.8) is 0 Å². The molecule has 0 fully saturated rings. The fourth-order valence-electron chi connectivity index (χ4n) is 2.04. The Balaban J connectivity index is 1.73. The average Bonchev–Trinajstić information content (AvgIpc) is 3.04. The van der Waals surface area contributed by atoms with E-state index in [2.05, 4.69) is 15.1 Å². The van der Waals surface area contributed by atoms with Crippen LogP contribution in [0.15, 0.2) is 47.2 Å². The minimum absolute atomic E-state index is 0.264. The zero-order valence-electron chi connectivity index (χ0n) is 12.3. The molecule has 0 saturated heterocycles. The van der Waals surface area contributed by atoms with Crippen LogP contribution >= 0.6 is 0 Å². The maximum atomic E-state index is 12.9. The van der Waals surface area contributed by atoms with E-state index in [0.29, 0.717) is 23.8 Å². The number of halogens is 1. The van der Waals surface area contributed by atoms with Gasteiger partial charge in [0.05, 0.1) is 18.9 Å². The molecule has 1 aromatic carbocycles. The fourth-order valence-corrected chi connectivity index (χ4v) is 2.04. The minimum Gasteiger partial charge on any atom is -0.359 e. The van der Waals surface area contributed by atoms with Crippen molar-refractivity contribution in [3.8, 4) is 17.3 Å². The summed E-state index contributed by atoms with van der Waals surface area (Å²) in [6, 6.07) is 9.76. The summed E-state index contributed by atoms with van der Waals surface area (Å²) in [6.45, 7) is 0.439. The van der Waals surface area contributed by atoms with Gasteiger partial charge >= 0.3 is 0 Å². The molecule has 23 heavy (non-hydrogen) atoms. The first-order valence-corrected chi connectivity index (χ1v) is 6.80. The molecule has 0 unspecified atom stereocenters. The normalized spacial score (nSPS) is 10.3. The molecular weight excluding hydrogens is 297 g/mol. The van der Waals surface area contributed by atoms with Crippen LogP contribution < -0.4 is 4.90 Å². The van der Waals surface area contributed by atoms with Crippen LogP contribution in [0.5, 0.6) is 0 Å². The van der Waals surface area contributed by atoms with Gasteiger partial charge in [0.2, 0.25) is 0 Å². The third-order valence-electron chi connectivity index (χ3n) is 3.24. The summed E-state index contributed by atoms with van der Waals surface area (Å²) in [5.74, 6) is 0.957. The van der Waals surface area contributed by atoms with Crippen LogP contribution in [0.2, 0.25) is 0 Å². The zero-order valence-corrected chi connectivity index (χ0v) is 12.3. The molecule has 0 saturated carbocycles. The third-order valence-corrected chi connectivity index (χ3v) is 3.24. The topological polar surface area (TPSA) is 78.8 Å². The summed E-state index contributed by atoms with van der Waals surface area (Å²) in [5.41, 5.74) is 1.68. The highest BCUT2D eigenvalue weighted by molar-refractivity contribution is 5.58. The van der Waals surface area contributed by atoms with Crippen molar-refractivity contribution in [1.29, 1.82) is 5.26 Å². The molecule has 7 heteroatoms. The van der Waals surface area contributed by atoms with Gasteiger partial charge < -0.3 is 9.42 Å². The predicted molar refractivity (Wildman–Crippen MR) is 80.8 cm³/mol. The molecule has 0 amide bonds. The van der Waals surface area contributed by atoms with Crippen molar-refractivity contribution in [2.75, 3.05) is 11.9 Å². The summed E-state index contributed by atoms with van der Waals surface area (Å²) in [7, 11) is 1.83. The number of rotatable bonds is 4. The van der Waals surface area contributed by atoms with E-state index >= 15 is 0 Å². The van der Waals surface area contributed by atoms with Gasteiger partial charge in [0.1, 0.15) is 23.4 Å². The lowest BCUT2D eigenvalue weighted by Gasteiger charge is -2.15. The summed E-state index contributed by atoms with van der Waals surface area (Å²) in [5, 5.41) is 12.7. The Kier molecular flexibility index (Phi) is 3.97. The highest BCUT2D eigenvalue weighted by Gasteiger charge is 2.11. The molecule has 0 aliphatic heterocycles. The molecule has 2 aromatic heterocycles. The SMILES string of the molecule is CN(Cc1cc(-c2ccc(F)cc2)no1)c1cnc(C#N)cn1. The molecule has 0 radical (unpaired) electrons. The average molecular weight is 309 g/mol. The number of aromatic nitrogens is 3. The molecule has 114 valence electrons. The molecule has 3 rings (SSSR count). The first-order chi connectivity index (χ1) is 11.2. The van der Waals surface area contributed by atoms with Crippen LogP contribution in [-0.4, -0.2) is 22.2 Å². The van der Waals surface area contributed by atoms with Gasteiger partial charge in [-0.25, -0.2) is 14.4 Å². The summed E-state index contributed by atoms with van der Waals surface area (Å²) in [6.07, 6.45) is 2.94. The van der Waals surface area contributed by atoms with Gasteiger partial charge in [-0.3, -0.25) is 0 Å². The quantitative estimate of drug-likeness (QED) is 0.737. The smallest absolute Gasteiger partial charge is 0.158 e. The van der Waals surface area contributed by atoms with Gasteiger partial charge in [0.25, 0.3) is 0 Å². The van der Waals surface area contributed by atoms with Crippen LogP contribution in [0.3, 0.4) is 0 Å². The Hall–Kier alpha value is -3.27. The molecule has 2 heterocycles. The molecule has 0 bridgehead atoms. The lowest BCUT2D eigenvalue weighted by molar-refractivity contribution is 0.384. The van der Waals surface area contributed by atoms with E-state index in [1.807, 2.05) is 18.0 Å². The second-order valence-electron chi connectivity index (χ2n) is 4.91. The summed E-state index contributed by atoms with van der Waals surface area (Å²) in [4.78, 5) is 9.95. The first-order valence-electron chi connectivity index (χ1n) is 6.80. The minimum atomic E-state index is -0.295. The second-order valence-corrected chi connectivity index (χ2v) is 4.91. The van der Waals surface area contributed by atoms with Crippen molar-refractivity contribution in [3.05, 3.63) is 60.0 Å². The van der Waals surface area contributed by atoms with E-state index in [1.165, 1.54) is 24.5 Å². The van der Waals surface area contributed by atoms with Gasteiger partial charge in [0.15, 0.2) is 11.5 Å². The number of hydrogen-bond donors (Lipinski definition) is 0. The summed E-state index contributed by atoms with van der Waals surface area (Å²) >= 11 is 0. The number of benzene rings is 1. The third kappa shape index (κ3) is 3.32. The van der Waals surface area contributed by atoms with E-state index in [-0.39, 0.29) is 11.5 Å². The Bertz CT molecular complexity index is 836. The molecule has 6 nitrogen and oxygen atoms in total. The monoisotopic (exact) mass is 309 g/mol. The highest BCUT2D eigenvalue weighted by atomic mass is 19.1. The van der Waals surface area contributed by atoms with Crippen molar-refractivity contribution < 1.29 is 8.91 Å². The van der Waals surface area contributed by atoms with Crippen LogP contribution in [0.4, 0.5) is 10.2 Å². The second kappa shape index (κ2) is 6.23. The molecule has 0 aliphatic rings. The van der Waals surface area contributed by atoms with E-state index in [0.717, 1.165) is 5.56 Å². The molecule has 0 spiro atoms.